The molecule has 1 N–H and O–H groups in total. The Bertz CT molecular complexity index is 648. The molecule has 6 heteroatoms. The lowest BCUT2D eigenvalue weighted by Crippen LogP contribution is -2.24. The van der Waals surface area contributed by atoms with Gasteiger partial charge in [-0.3, -0.25) is 0 Å². The quantitative estimate of drug-likeness (QED) is 0.911. The zero-order chi connectivity index (χ0) is 15.4. The second kappa shape index (κ2) is 6.43. The number of hydrogen-bond acceptors (Lipinski definition) is 5. The molecular formula is C16H17N3O3. The number of ether oxygens (including phenoxy) is 1. The third-order valence-electron chi connectivity index (χ3n) is 3.66. The molecule has 0 saturated carbocycles. The first-order chi connectivity index (χ1) is 10.7. The Balaban J connectivity index is 1.58. The molecule has 3 rings (SSSR count). The van der Waals surface area contributed by atoms with E-state index in [0.717, 1.165) is 25.3 Å². The van der Waals surface area contributed by atoms with Gasteiger partial charge in [-0.05, 0) is 24.6 Å². The van der Waals surface area contributed by atoms with Crippen LogP contribution in [0.4, 0.5) is 5.95 Å². The topological polar surface area (TPSA) is 75.5 Å². The molecule has 1 fully saturated rings. The normalized spacial score (nSPS) is 17.5. The molecule has 1 aliphatic heterocycles. The van der Waals surface area contributed by atoms with Crippen LogP contribution in [0.25, 0.3) is 0 Å². The molecule has 2 heterocycles. The van der Waals surface area contributed by atoms with Crippen LogP contribution in [0.15, 0.2) is 42.6 Å². The maximum Gasteiger partial charge on any atom is 0.354 e. The highest BCUT2D eigenvalue weighted by Crippen LogP contribution is 2.22. The van der Waals surface area contributed by atoms with Gasteiger partial charge in [0.25, 0.3) is 0 Å². The largest absolute Gasteiger partial charge is 0.493 e. The number of aromatic nitrogens is 2. The Labute approximate surface area is 128 Å². The summed E-state index contributed by atoms with van der Waals surface area (Å²) < 4.78 is 5.77. The summed E-state index contributed by atoms with van der Waals surface area (Å²) in [5.74, 6) is 0.691. The molecule has 114 valence electrons. The number of benzene rings is 1. The maximum absolute atomic E-state index is 11.0. The number of nitrogens with zero attached hydrogens (tertiary/aromatic N) is 3. The summed E-state index contributed by atoms with van der Waals surface area (Å²) in [6.07, 6.45) is 2.47. The van der Waals surface area contributed by atoms with Gasteiger partial charge in [0.1, 0.15) is 5.75 Å². The molecule has 1 aromatic carbocycles. The number of rotatable bonds is 5. The van der Waals surface area contributed by atoms with Gasteiger partial charge in [0.05, 0.1) is 6.61 Å². The maximum atomic E-state index is 11.0. The minimum Gasteiger partial charge on any atom is -0.493 e. The van der Waals surface area contributed by atoms with E-state index in [0.29, 0.717) is 18.5 Å². The second-order valence-electron chi connectivity index (χ2n) is 5.27. The number of anilines is 1. The minimum absolute atomic E-state index is 0.0222. The van der Waals surface area contributed by atoms with Gasteiger partial charge < -0.3 is 14.7 Å². The van der Waals surface area contributed by atoms with E-state index in [1.54, 1.807) is 0 Å². The number of hydrogen-bond donors (Lipinski definition) is 1. The SMILES string of the molecule is O=C(O)c1ccnc(N2CCC(COc3ccccc3)C2)n1. The average Bonchev–Trinajstić information content (AvgIpc) is 3.03. The van der Waals surface area contributed by atoms with Crippen molar-refractivity contribution < 1.29 is 14.6 Å². The highest BCUT2D eigenvalue weighted by Gasteiger charge is 2.25. The van der Waals surface area contributed by atoms with Crippen molar-refractivity contribution in [3.63, 3.8) is 0 Å². The summed E-state index contributed by atoms with van der Waals surface area (Å²) in [7, 11) is 0. The van der Waals surface area contributed by atoms with Crippen LogP contribution < -0.4 is 9.64 Å². The van der Waals surface area contributed by atoms with Crippen LogP contribution in [-0.4, -0.2) is 40.7 Å². The van der Waals surface area contributed by atoms with Crippen molar-refractivity contribution in [3.8, 4) is 5.75 Å². The van der Waals surface area contributed by atoms with Gasteiger partial charge in [0.15, 0.2) is 5.69 Å². The van der Waals surface area contributed by atoms with Gasteiger partial charge in [-0.25, -0.2) is 14.8 Å². The summed E-state index contributed by atoms with van der Waals surface area (Å²) >= 11 is 0. The third-order valence-corrected chi connectivity index (χ3v) is 3.66. The lowest BCUT2D eigenvalue weighted by molar-refractivity contribution is 0.0690. The lowest BCUT2D eigenvalue weighted by Gasteiger charge is -2.16. The van der Waals surface area contributed by atoms with Crippen molar-refractivity contribution in [1.82, 2.24) is 9.97 Å². The van der Waals surface area contributed by atoms with E-state index >= 15 is 0 Å². The number of carboxylic acids is 1. The van der Waals surface area contributed by atoms with E-state index in [1.165, 1.54) is 12.3 Å². The molecule has 1 aliphatic rings. The summed E-state index contributed by atoms with van der Waals surface area (Å²) in [6, 6.07) is 11.1. The summed E-state index contributed by atoms with van der Waals surface area (Å²) in [6.45, 7) is 2.22. The molecule has 2 aromatic rings. The zero-order valence-electron chi connectivity index (χ0n) is 12.1. The number of aromatic carboxylic acids is 1. The Morgan fingerprint density at radius 2 is 2.14 bits per heavy atom. The summed E-state index contributed by atoms with van der Waals surface area (Å²) in [4.78, 5) is 21.2. The first-order valence-electron chi connectivity index (χ1n) is 7.21. The monoisotopic (exact) mass is 299 g/mol. The van der Waals surface area contributed by atoms with Gasteiger partial charge in [-0.1, -0.05) is 18.2 Å². The molecule has 6 nitrogen and oxygen atoms in total. The van der Waals surface area contributed by atoms with Crippen LogP contribution in [0.5, 0.6) is 5.75 Å². The predicted octanol–water partition coefficient (Wildman–Crippen LogP) is 2.08. The Hall–Kier alpha value is -2.63. The third kappa shape index (κ3) is 3.33. The van der Waals surface area contributed by atoms with E-state index in [4.69, 9.17) is 9.84 Å². The molecule has 1 aromatic heterocycles. The second-order valence-corrected chi connectivity index (χ2v) is 5.27. The summed E-state index contributed by atoms with van der Waals surface area (Å²) in [5, 5.41) is 8.99. The van der Waals surface area contributed by atoms with Crippen LogP contribution >= 0.6 is 0 Å². The van der Waals surface area contributed by atoms with E-state index in [1.807, 2.05) is 35.2 Å². The van der Waals surface area contributed by atoms with Crippen LogP contribution in [-0.2, 0) is 0 Å². The minimum atomic E-state index is -1.04. The van der Waals surface area contributed by atoms with Gasteiger partial charge in [0, 0.05) is 25.2 Å². The van der Waals surface area contributed by atoms with Crippen molar-refractivity contribution in [2.24, 2.45) is 5.92 Å². The molecule has 22 heavy (non-hydrogen) atoms. The van der Waals surface area contributed by atoms with E-state index in [-0.39, 0.29) is 5.69 Å². The molecule has 0 radical (unpaired) electrons. The first kappa shape index (κ1) is 14.3. The highest BCUT2D eigenvalue weighted by molar-refractivity contribution is 5.85. The van der Waals surface area contributed by atoms with E-state index in [2.05, 4.69) is 9.97 Å². The highest BCUT2D eigenvalue weighted by atomic mass is 16.5. The molecular weight excluding hydrogens is 282 g/mol. The van der Waals surface area contributed by atoms with Crippen molar-refractivity contribution in [2.45, 2.75) is 6.42 Å². The Morgan fingerprint density at radius 1 is 1.32 bits per heavy atom. The van der Waals surface area contributed by atoms with Crippen LogP contribution in [0.1, 0.15) is 16.9 Å². The molecule has 1 atom stereocenters. The van der Waals surface area contributed by atoms with Crippen molar-refractivity contribution in [2.75, 3.05) is 24.6 Å². The zero-order valence-corrected chi connectivity index (χ0v) is 12.1. The molecule has 0 bridgehead atoms. The smallest absolute Gasteiger partial charge is 0.354 e. The van der Waals surface area contributed by atoms with Crippen molar-refractivity contribution >= 4 is 11.9 Å². The fourth-order valence-corrected chi connectivity index (χ4v) is 2.50. The Morgan fingerprint density at radius 3 is 2.91 bits per heavy atom. The fraction of sp³-hybridized carbons (Fsp3) is 0.312. The van der Waals surface area contributed by atoms with Gasteiger partial charge in [0.2, 0.25) is 5.95 Å². The van der Waals surface area contributed by atoms with Gasteiger partial charge >= 0.3 is 5.97 Å². The molecule has 0 aliphatic carbocycles. The first-order valence-corrected chi connectivity index (χ1v) is 7.21. The van der Waals surface area contributed by atoms with E-state index in [9.17, 15) is 4.79 Å². The lowest BCUT2D eigenvalue weighted by atomic mass is 10.1. The van der Waals surface area contributed by atoms with Crippen LogP contribution in [0.3, 0.4) is 0 Å². The van der Waals surface area contributed by atoms with Crippen molar-refractivity contribution in [3.05, 3.63) is 48.3 Å². The molecule has 0 amide bonds. The predicted molar refractivity (Wildman–Crippen MR) is 81.2 cm³/mol. The van der Waals surface area contributed by atoms with Gasteiger partial charge in [-0.15, -0.1) is 0 Å². The molecule has 1 saturated heterocycles. The fourth-order valence-electron chi connectivity index (χ4n) is 2.50. The van der Waals surface area contributed by atoms with Gasteiger partial charge in [-0.2, -0.15) is 0 Å². The van der Waals surface area contributed by atoms with Crippen LogP contribution in [0, 0.1) is 5.92 Å². The van der Waals surface area contributed by atoms with E-state index < -0.39 is 5.97 Å². The summed E-state index contributed by atoms with van der Waals surface area (Å²) in [5.41, 5.74) is 0.0222. The number of carboxylic acid groups (broad SMARTS) is 1. The standard InChI is InChI=1S/C16H17N3O3/c20-15(21)14-6-8-17-16(18-14)19-9-7-12(10-19)11-22-13-4-2-1-3-5-13/h1-6,8,12H,7,9-11H2,(H,20,21). The van der Waals surface area contributed by atoms with Crippen LogP contribution in [0.2, 0.25) is 0 Å². The average molecular weight is 299 g/mol. The number of para-hydroxylation sites is 1. The van der Waals surface area contributed by atoms with Crippen molar-refractivity contribution in [1.29, 1.82) is 0 Å². The Kier molecular flexibility index (Phi) is 4.18. The molecule has 1 unspecified atom stereocenters. The molecule has 0 spiro atoms. The number of carbonyl (C=O) groups is 1.